The molecule has 0 heterocycles. The van der Waals surface area contributed by atoms with Gasteiger partial charge in [0.05, 0.1) is 5.75 Å². The Bertz CT molecular complexity index is 537. The van der Waals surface area contributed by atoms with Crippen LogP contribution in [0.5, 0.6) is 0 Å². The van der Waals surface area contributed by atoms with Gasteiger partial charge in [-0.05, 0) is 25.0 Å². The molecule has 114 valence electrons. The van der Waals surface area contributed by atoms with E-state index in [0.29, 0.717) is 28.5 Å². The van der Waals surface area contributed by atoms with E-state index in [4.69, 9.17) is 28.9 Å². The lowest BCUT2D eigenvalue weighted by molar-refractivity contribution is 0.391. The Kier molecular flexibility index (Phi) is 6.28. The van der Waals surface area contributed by atoms with Crippen LogP contribution in [0.1, 0.15) is 32.3 Å². The first-order valence-electron chi connectivity index (χ1n) is 6.42. The number of hydrogen-bond acceptors (Lipinski definition) is 3. The van der Waals surface area contributed by atoms with Crippen LogP contribution in [-0.2, 0) is 15.8 Å². The molecule has 1 rings (SSSR count). The van der Waals surface area contributed by atoms with Gasteiger partial charge in [-0.15, -0.1) is 0 Å². The van der Waals surface area contributed by atoms with Gasteiger partial charge in [0.25, 0.3) is 0 Å². The molecule has 0 aliphatic carbocycles. The van der Waals surface area contributed by atoms with Gasteiger partial charge in [0.15, 0.2) is 0 Å². The third kappa shape index (κ3) is 4.90. The number of sulfonamides is 1. The van der Waals surface area contributed by atoms with Crippen molar-refractivity contribution in [2.45, 2.75) is 38.0 Å². The van der Waals surface area contributed by atoms with Crippen LogP contribution in [0, 0.1) is 0 Å². The Balaban J connectivity index is 2.81. The normalized spacial score (nSPS) is 12.7. The van der Waals surface area contributed by atoms with Crippen LogP contribution < -0.4 is 10.5 Å². The minimum atomic E-state index is -3.53. The second kappa shape index (κ2) is 7.09. The van der Waals surface area contributed by atoms with Crippen molar-refractivity contribution in [2.75, 3.05) is 6.54 Å². The Hall–Kier alpha value is -0.330. The number of hydrogen-bond donors (Lipinski definition) is 2. The summed E-state index contributed by atoms with van der Waals surface area (Å²) in [5.74, 6) is -0.255. The van der Waals surface area contributed by atoms with Gasteiger partial charge >= 0.3 is 0 Å². The van der Waals surface area contributed by atoms with Crippen molar-refractivity contribution >= 4 is 33.2 Å². The Morgan fingerprint density at radius 3 is 2.15 bits per heavy atom. The van der Waals surface area contributed by atoms with E-state index >= 15 is 0 Å². The molecule has 0 saturated carbocycles. The molecular formula is C13H20Cl2N2O2S. The molecule has 7 heteroatoms. The zero-order chi connectivity index (χ0) is 15.4. The fourth-order valence-corrected chi connectivity index (χ4v) is 3.65. The van der Waals surface area contributed by atoms with Crippen LogP contribution in [-0.4, -0.2) is 20.5 Å². The molecule has 0 amide bonds. The van der Waals surface area contributed by atoms with Crippen molar-refractivity contribution in [3.8, 4) is 0 Å². The average molecular weight is 339 g/mol. The van der Waals surface area contributed by atoms with E-state index in [-0.39, 0.29) is 12.3 Å². The van der Waals surface area contributed by atoms with E-state index in [1.165, 1.54) is 0 Å². The van der Waals surface area contributed by atoms with E-state index in [1.807, 2.05) is 13.8 Å². The fraction of sp³-hybridized carbons (Fsp3) is 0.538. The highest BCUT2D eigenvalue weighted by Crippen LogP contribution is 2.26. The van der Waals surface area contributed by atoms with E-state index in [2.05, 4.69) is 4.72 Å². The van der Waals surface area contributed by atoms with E-state index in [0.717, 1.165) is 0 Å². The maximum absolute atomic E-state index is 12.1. The van der Waals surface area contributed by atoms with Crippen molar-refractivity contribution in [1.82, 2.24) is 4.72 Å². The monoisotopic (exact) mass is 338 g/mol. The minimum Gasteiger partial charge on any atom is -0.324 e. The summed E-state index contributed by atoms with van der Waals surface area (Å²) in [5.41, 5.74) is 5.95. The van der Waals surface area contributed by atoms with Gasteiger partial charge < -0.3 is 5.73 Å². The van der Waals surface area contributed by atoms with Gasteiger partial charge in [-0.25, -0.2) is 13.1 Å². The second-order valence-corrected chi connectivity index (χ2v) is 7.47. The maximum Gasteiger partial charge on any atom is 0.215 e. The number of nitrogens with two attached hydrogens (primary N) is 1. The van der Waals surface area contributed by atoms with Gasteiger partial charge in [-0.2, -0.15) is 0 Å². The molecule has 3 N–H and O–H groups in total. The second-order valence-electron chi connectivity index (χ2n) is 4.85. The summed E-state index contributed by atoms with van der Waals surface area (Å²) in [7, 11) is -3.53. The van der Waals surface area contributed by atoms with Crippen LogP contribution in [0.15, 0.2) is 18.2 Å². The van der Waals surface area contributed by atoms with Crippen molar-refractivity contribution in [3.63, 3.8) is 0 Å². The van der Waals surface area contributed by atoms with Gasteiger partial charge in [0.2, 0.25) is 10.0 Å². The summed E-state index contributed by atoms with van der Waals surface area (Å²) >= 11 is 12.0. The molecule has 0 spiro atoms. The largest absolute Gasteiger partial charge is 0.324 e. The molecule has 1 aromatic rings. The van der Waals surface area contributed by atoms with E-state index in [1.54, 1.807) is 18.2 Å². The molecule has 0 unspecified atom stereocenters. The molecule has 0 aliphatic rings. The lowest BCUT2D eigenvalue weighted by atomic mass is 9.95. The summed E-state index contributed by atoms with van der Waals surface area (Å²) < 4.78 is 26.7. The molecule has 0 atom stereocenters. The quantitative estimate of drug-likeness (QED) is 0.802. The van der Waals surface area contributed by atoms with Gasteiger partial charge in [-0.3, -0.25) is 0 Å². The maximum atomic E-state index is 12.1. The standard InChI is InChI=1S/C13H20Cl2N2O2S/c1-3-13(16,4-2)9-17-20(18,19)8-10-11(14)6-5-7-12(10)15/h5-7,17H,3-4,8-9,16H2,1-2H3. The first-order chi connectivity index (χ1) is 9.23. The number of nitrogens with one attached hydrogen (secondary N) is 1. The van der Waals surface area contributed by atoms with Crippen LogP contribution >= 0.6 is 23.2 Å². The first-order valence-corrected chi connectivity index (χ1v) is 8.83. The lowest BCUT2D eigenvalue weighted by Crippen LogP contribution is -2.49. The van der Waals surface area contributed by atoms with Crippen LogP contribution in [0.3, 0.4) is 0 Å². The van der Waals surface area contributed by atoms with Gasteiger partial charge in [0, 0.05) is 27.7 Å². The van der Waals surface area contributed by atoms with Crippen molar-refractivity contribution in [3.05, 3.63) is 33.8 Å². The summed E-state index contributed by atoms with van der Waals surface area (Å²) in [4.78, 5) is 0. The zero-order valence-corrected chi connectivity index (χ0v) is 13.9. The smallest absolute Gasteiger partial charge is 0.215 e. The summed E-state index contributed by atoms with van der Waals surface area (Å²) in [5, 5.41) is 0.681. The van der Waals surface area contributed by atoms with Gasteiger partial charge in [-0.1, -0.05) is 43.1 Å². The van der Waals surface area contributed by atoms with Crippen LogP contribution in [0.4, 0.5) is 0 Å². The van der Waals surface area contributed by atoms with Crippen LogP contribution in [0.2, 0.25) is 10.0 Å². The molecule has 0 bridgehead atoms. The van der Waals surface area contributed by atoms with E-state index < -0.39 is 15.6 Å². The summed E-state index contributed by atoms with van der Waals surface area (Å²) in [6.45, 7) is 4.07. The minimum absolute atomic E-state index is 0.199. The average Bonchev–Trinajstić information content (AvgIpc) is 2.41. The van der Waals surface area contributed by atoms with E-state index in [9.17, 15) is 8.42 Å². The first kappa shape index (κ1) is 17.7. The highest BCUT2D eigenvalue weighted by molar-refractivity contribution is 7.88. The SMILES string of the molecule is CCC(N)(CC)CNS(=O)(=O)Cc1c(Cl)cccc1Cl. The number of rotatable bonds is 7. The van der Waals surface area contributed by atoms with Crippen molar-refractivity contribution < 1.29 is 8.42 Å². The lowest BCUT2D eigenvalue weighted by Gasteiger charge is -2.26. The summed E-state index contributed by atoms with van der Waals surface area (Å²) in [6, 6.07) is 4.90. The zero-order valence-electron chi connectivity index (χ0n) is 11.6. The number of benzene rings is 1. The van der Waals surface area contributed by atoms with Gasteiger partial charge in [0.1, 0.15) is 0 Å². The van der Waals surface area contributed by atoms with Crippen molar-refractivity contribution in [1.29, 1.82) is 0 Å². The molecule has 0 aromatic heterocycles. The molecule has 0 radical (unpaired) electrons. The summed E-state index contributed by atoms with van der Waals surface area (Å²) in [6.07, 6.45) is 1.39. The number of halogens is 2. The predicted molar refractivity (Wildman–Crippen MR) is 84.6 cm³/mol. The Morgan fingerprint density at radius 2 is 1.70 bits per heavy atom. The molecule has 0 fully saturated rings. The van der Waals surface area contributed by atoms with Crippen molar-refractivity contribution in [2.24, 2.45) is 5.73 Å². The third-order valence-electron chi connectivity index (χ3n) is 3.45. The predicted octanol–water partition coefficient (Wildman–Crippen LogP) is 2.93. The highest BCUT2D eigenvalue weighted by atomic mass is 35.5. The fourth-order valence-electron chi connectivity index (χ4n) is 1.66. The topological polar surface area (TPSA) is 72.2 Å². The molecular weight excluding hydrogens is 319 g/mol. The highest BCUT2D eigenvalue weighted by Gasteiger charge is 2.24. The molecule has 20 heavy (non-hydrogen) atoms. The molecule has 0 aliphatic heterocycles. The Labute approximate surface area is 130 Å². The third-order valence-corrected chi connectivity index (χ3v) is 5.41. The molecule has 1 aromatic carbocycles. The Morgan fingerprint density at radius 1 is 1.20 bits per heavy atom. The molecule has 0 saturated heterocycles. The van der Waals surface area contributed by atoms with Crippen LogP contribution in [0.25, 0.3) is 0 Å². The molecule has 4 nitrogen and oxygen atoms in total.